The van der Waals surface area contributed by atoms with Crippen LogP contribution >= 0.6 is 23.2 Å². The number of aliphatic hydroxyl groups is 1. The Hall–Kier alpha value is -3.87. The molecule has 1 N–H and O–H groups in total. The van der Waals surface area contributed by atoms with Crippen molar-refractivity contribution in [3.05, 3.63) is 112 Å². The predicted octanol–water partition coefficient (Wildman–Crippen LogP) is 7.78. The third-order valence-corrected chi connectivity index (χ3v) is 6.80. The minimum Gasteiger partial charge on any atom is -0.453 e. The molecule has 0 amide bonds. The molecule has 0 spiro atoms. The van der Waals surface area contributed by atoms with Crippen molar-refractivity contribution < 1.29 is 36.2 Å². The van der Waals surface area contributed by atoms with Gasteiger partial charge in [-0.15, -0.1) is 0 Å². The van der Waals surface area contributed by atoms with Crippen LogP contribution in [0.5, 0.6) is 11.5 Å². The lowest BCUT2D eigenvalue weighted by Gasteiger charge is -2.30. The van der Waals surface area contributed by atoms with E-state index in [2.05, 4.69) is 15.0 Å². The first-order valence-corrected chi connectivity index (χ1v) is 12.3. The van der Waals surface area contributed by atoms with E-state index in [4.69, 9.17) is 27.9 Å². The highest BCUT2D eigenvalue weighted by Gasteiger charge is 2.42. The van der Waals surface area contributed by atoms with E-state index >= 15 is 0 Å². The highest BCUT2D eigenvalue weighted by atomic mass is 35.5. The largest absolute Gasteiger partial charge is 0.453 e. The molecule has 41 heavy (non-hydrogen) atoms. The topological polar surface area (TPSA) is 73.1 Å². The van der Waals surface area contributed by atoms with Gasteiger partial charge in [0, 0.05) is 29.2 Å². The number of alkyl halides is 6. The molecule has 2 aromatic carbocycles. The van der Waals surface area contributed by atoms with E-state index in [9.17, 15) is 31.4 Å². The molecule has 0 radical (unpaired) electrons. The first-order valence-electron chi connectivity index (χ1n) is 11.6. The molecule has 3 aromatic heterocycles. The third kappa shape index (κ3) is 5.30. The van der Waals surface area contributed by atoms with Gasteiger partial charge in [-0.05, 0) is 48.0 Å². The van der Waals surface area contributed by atoms with Gasteiger partial charge in [-0.25, -0.2) is 9.97 Å². The maximum absolute atomic E-state index is 14.6. The second kappa shape index (κ2) is 10.2. The SMILES string of the molecule is Cn1cncc1C(O)(c1ccc(C(F)(F)F)nc1)c1ccc2nc(Cl)c(Oc3ccc(Cl)cc3)c(C(F)(F)F)c2c1. The normalized spacial score (nSPS) is 13.8. The Morgan fingerprint density at radius 1 is 0.854 bits per heavy atom. The standard InChI is InChI=1S/C27H16Cl2F6N4O2/c1-39-13-36-12-21(39)25(40,15-3-9-20(37-11-15)26(30,31)32)14-2-8-19-18(10-14)22(27(33,34)35)23(24(29)38-19)41-17-6-4-16(28)5-7-17/h2-13,40H,1H3. The fraction of sp³-hybridized carbons (Fsp3) is 0.148. The highest BCUT2D eigenvalue weighted by molar-refractivity contribution is 6.31. The van der Waals surface area contributed by atoms with Crippen LogP contribution in [0.15, 0.2) is 73.3 Å². The van der Waals surface area contributed by atoms with Crippen LogP contribution in [0.1, 0.15) is 28.1 Å². The number of imidazole rings is 1. The van der Waals surface area contributed by atoms with Crippen LogP contribution in [0, 0.1) is 0 Å². The van der Waals surface area contributed by atoms with Crippen molar-refractivity contribution >= 4 is 34.1 Å². The van der Waals surface area contributed by atoms with Crippen molar-refractivity contribution in [1.29, 1.82) is 0 Å². The highest BCUT2D eigenvalue weighted by Crippen LogP contribution is 2.47. The van der Waals surface area contributed by atoms with E-state index in [1.54, 1.807) is 0 Å². The Bertz CT molecular complexity index is 1740. The quantitative estimate of drug-likeness (QED) is 0.162. The summed E-state index contributed by atoms with van der Waals surface area (Å²) in [6, 6.07) is 10.7. The Balaban J connectivity index is 1.76. The van der Waals surface area contributed by atoms with E-state index < -0.39 is 45.5 Å². The predicted molar refractivity (Wildman–Crippen MR) is 138 cm³/mol. The molecule has 0 aliphatic carbocycles. The lowest BCUT2D eigenvalue weighted by Crippen LogP contribution is -2.31. The van der Waals surface area contributed by atoms with E-state index in [1.807, 2.05) is 0 Å². The van der Waals surface area contributed by atoms with Gasteiger partial charge in [-0.1, -0.05) is 35.3 Å². The van der Waals surface area contributed by atoms with Crippen LogP contribution in [0.25, 0.3) is 10.9 Å². The first-order chi connectivity index (χ1) is 19.2. The summed E-state index contributed by atoms with van der Waals surface area (Å²) in [4.78, 5) is 11.4. The minimum atomic E-state index is -5.01. The van der Waals surface area contributed by atoms with Crippen molar-refractivity contribution in [2.24, 2.45) is 7.05 Å². The molecule has 0 saturated carbocycles. The summed E-state index contributed by atoms with van der Waals surface area (Å²) >= 11 is 12.0. The second-order valence-corrected chi connectivity index (χ2v) is 9.72. The lowest BCUT2D eigenvalue weighted by molar-refractivity contribution is -0.141. The number of fused-ring (bicyclic) bond motifs is 1. The summed E-state index contributed by atoms with van der Waals surface area (Å²) in [6.45, 7) is 0. The van der Waals surface area contributed by atoms with Crippen LogP contribution < -0.4 is 4.74 Å². The number of aromatic nitrogens is 4. The summed E-state index contributed by atoms with van der Waals surface area (Å²) in [5.41, 5.74) is -5.18. The summed E-state index contributed by atoms with van der Waals surface area (Å²) in [5, 5.41) is 11.3. The van der Waals surface area contributed by atoms with Gasteiger partial charge in [-0.3, -0.25) is 4.98 Å². The van der Waals surface area contributed by atoms with Crippen LogP contribution in [-0.2, 0) is 25.0 Å². The van der Waals surface area contributed by atoms with E-state index in [0.717, 1.165) is 18.3 Å². The molecule has 1 unspecified atom stereocenters. The molecule has 5 aromatic rings. The summed E-state index contributed by atoms with van der Waals surface area (Å²) < 4.78 is 90.2. The van der Waals surface area contributed by atoms with Gasteiger partial charge < -0.3 is 14.4 Å². The van der Waals surface area contributed by atoms with Gasteiger partial charge in [0.05, 0.1) is 23.7 Å². The number of nitrogens with zero attached hydrogens (tertiary/aromatic N) is 4. The Kier molecular flexibility index (Phi) is 7.13. The molecule has 5 rings (SSSR count). The number of hydrogen-bond donors (Lipinski definition) is 1. The van der Waals surface area contributed by atoms with Crippen molar-refractivity contribution in [3.63, 3.8) is 0 Å². The van der Waals surface area contributed by atoms with Crippen LogP contribution in [0.4, 0.5) is 26.3 Å². The number of halogens is 8. The molecule has 14 heteroatoms. The molecule has 0 aliphatic heterocycles. The number of hydrogen-bond acceptors (Lipinski definition) is 5. The lowest BCUT2D eigenvalue weighted by atomic mass is 9.83. The van der Waals surface area contributed by atoms with Crippen molar-refractivity contribution in [2.75, 3.05) is 0 Å². The molecule has 212 valence electrons. The zero-order chi connectivity index (χ0) is 29.7. The van der Waals surface area contributed by atoms with Gasteiger partial charge in [0.1, 0.15) is 17.0 Å². The van der Waals surface area contributed by atoms with Gasteiger partial charge in [-0.2, -0.15) is 26.3 Å². The van der Waals surface area contributed by atoms with E-state index in [-0.39, 0.29) is 28.1 Å². The van der Waals surface area contributed by atoms with Crippen molar-refractivity contribution in [3.8, 4) is 11.5 Å². The molecule has 0 fully saturated rings. The Morgan fingerprint density at radius 3 is 2.10 bits per heavy atom. The van der Waals surface area contributed by atoms with Gasteiger partial charge in [0.15, 0.2) is 16.5 Å². The van der Waals surface area contributed by atoms with Crippen molar-refractivity contribution in [1.82, 2.24) is 19.5 Å². The van der Waals surface area contributed by atoms with Crippen molar-refractivity contribution in [2.45, 2.75) is 18.0 Å². The number of ether oxygens (including phenoxy) is 1. The maximum Gasteiger partial charge on any atom is 0.433 e. The molecular weight excluding hydrogens is 597 g/mol. The summed E-state index contributed by atoms with van der Waals surface area (Å²) in [6.07, 6.45) is -6.40. The zero-order valence-corrected chi connectivity index (χ0v) is 22.1. The monoisotopic (exact) mass is 612 g/mol. The fourth-order valence-corrected chi connectivity index (χ4v) is 4.73. The Labute approximate surface area is 237 Å². The zero-order valence-electron chi connectivity index (χ0n) is 20.6. The number of benzene rings is 2. The molecule has 6 nitrogen and oxygen atoms in total. The number of rotatable bonds is 5. The molecule has 3 heterocycles. The molecule has 0 aliphatic rings. The number of pyridine rings is 2. The van der Waals surface area contributed by atoms with E-state index in [0.29, 0.717) is 11.1 Å². The first kappa shape index (κ1) is 28.7. The summed E-state index contributed by atoms with van der Waals surface area (Å²) in [7, 11) is 1.51. The van der Waals surface area contributed by atoms with Crippen LogP contribution in [0.2, 0.25) is 10.2 Å². The van der Waals surface area contributed by atoms with Gasteiger partial charge >= 0.3 is 12.4 Å². The molecule has 1 atom stereocenters. The minimum absolute atomic E-state index is 0.00123. The fourth-order valence-electron chi connectivity index (χ4n) is 4.38. The maximum atomic E-state index is 14.6. The molecule has 0 bridgehead atoms. The number of aryl methyl sites for hydroxylation is 1. The van der Waals surface area contributed by atoms with Crippen LogP contribution in [0.3, 0.4) is 0 Å². The van der Waals surface area contributed by atoms with Gasteiger partial charge in [0.25, 0.3) is 0 Å². The average molecular weight is 613 g/mol. The molecular formula is C27H16Cl2F6N4O2. The summed E-state index contributed by atoms with van der Waals surface area (Å²) in [5.74, 6) is -0.785. The Morgan fingerprint density at radius 2 is 1.54 bits per heavy atom. The van der Waals surface area contributed by atoms with Gasteiger partial charge in [0.2, 0.25) is 0 Å². The average Bonchev–Trinajstić information content (AvgIpc) is 3.34. The third-order valence-electron chi connectivity index (χ3n) is 6.29. The second-order valence-electron chi connectivity index (χ2n) is 8.92. The smallest absolute Gasteiger partial charge is 0.433 e. The molecule has 0 saturated heterocycles. The van der Waals surface area contributed by atoms with E-state index in [1.165, 1.54) is 60.5 Å². The van der Waals surface area contributed by atoms with Crippen LogP contribution in [-0.4, -0.2) is 24.6 Å².